The average molecular weight is 345 g/mol. The van der Waals surface area contributed by atoms with Crippen LogP contribution in [0.4, 0.5) is 11.4 Å². The molecule has 2 rings (SSSR count). The van der Waals surface area contributed by atoms with Crippen LogP contribution in [0.5, 0.6) is 0 Å². The Kier molecular flexibility index (Phi) is 5.28. The van der Waals surface area contributed by atoms with Crippen LogP contribution in [0.3, 0.4) is 0 Å². The summed E-state index contributed by atoms with van der Waals surface area (Å²) < 4.78 is 5.63. The lowest BCUT2D eigenvalue weighted by atomic mass is 10.2. The van der Waals surface area contributed by atoms with Crippen LogP contribution in [0.25, 0.3) is 0 Å². The van der Waals surface area contributed by atoms with Gasteiger partial charge in [-0.25, -0.2) is 4.79 Å². The summed E-state index contributed by atoms with van der Waals surface area (Å²) in [4.78, 5) is 46.1. The summed E-state index contributed by atoms with van der Waals surface area (Å²) in [6, 6.07) is 8.69. The highest BCUT2D eigenvalue weighted by Crippen LogP contribution is 2.16. The van der Waals surface area contributed by atoms with Crippen LogP contribution in [0, 0.1) is 17.0 Å². The number of carbonyl (C=O) groups is 2. The van der Waals surface area contributed by atoms with Gasteiger partial charge in [0.1, 0.15) is 6.54 Å². The summed E-state index contributed by atoms with van der Waals surface area (Å²) in [7, 11) is 1.22. The number of rotatable bonds is 5. The maximum absolute atomic E-state index is 12.2. The lowest BCUT2D eigenvalue weighted by Crippen LogP contribution is -2.30. The van der Waals surface area contributed by atoms with Gasteiger partial charge < -0.3 is 10.1 Å². The van der Waals surface area contributed by atoms with E-state index in [2.05, 4.69) is 10.1 Å². The summed E-state index contributed by atoms with van der Waals surface area (Å²) in [6.07, 6.45) is 0. The molecule has 0 bridgehead atoms. The molecule has 0 atom stereocenters. The average Bonchev–Trinajstić information content (AvgIpc) is 2.58. The van der Waals surface area contributed by atoms with Crippen molar-refractivity contribution in [2.45, 2.75) is 13.5 Å². The zero-order chi connectivity index (χ0) is 18.6. The zero-order valence-electron chi connectivity index (χ0n) is 13.5. The second kappa shape index (κ2) is 7.39. The first-order valence-electron chi connectivity index (χ1n) is 7.17. The molecular weight excluding hydrogens is 330 g/mol. The number of nitro groups is 1. The molecule has 0 radical (unpaired) electrons. The smallest absolute Gasteiger partial charge is 0.339 e. The molecule has 0 spiro atoms. The predicted octanol–water partition coefficient (Wildman–Crippen LogP) is 1.49. The van der Waals surface area contributed by atoms with E-state index in [1.165, 1.54) is 25.3 Å². The number of pyridine rings is 1. The van der Waals surface area contributed by atoms with Crippen LogP contribution >= 0.6 is 0 Å². The molecule has 25 heavy (non-hydrogen) atoms. The predicted molar refractivity (Wildman–Crippen MR) is 88.5 cm³/mol. The van der Waals surface area contributed by atoms with E-state index in [9.17, 15) is 24.5 Å². The van der Waals surface area contributed by atoms with E-state index in [4.69, 9.17) is 0 Å². The van der Waals surface area contributed by atoms with E-state index in [1.54, 1.807) is 19.1 Å². The molecule has 1 aromatic carbocycles. The minimum absolute atomic E-state index is 0.154. The van der Waals surface area contributed by atoms with Gasteiger partial charge in [0.2, 0.25) is 5.91 Å². The maximum Gasteiger partial charge on any atom is 0.339 e. The summed E-state index contributed by atoms with van der Waals surface area (Å²) in [5.41, 5.74) is -0.723. The third-order valence-corrected chi connectivity index (χ3v) is 3.48. The van der Waals surface area contributed by atoms with Crippen molar-refractivity contribution in [2.24, 2.45) is 0 Å². The number of benzene rings is 1. The van der Waals surface area contributed by atoms with Crippen LogP contribution in [-0.4, -0.2) is 28.5 Å². The van der Waals surface area contributed by atoms with Gasteiger partial charge >= 0.3 is 17.2 Å². The Hall–Kier alpha value is -3.49. The van der Waals surface area contributed by atoms with Crippen molar-refractivity contribution in [3.8, 4) is 0 Å². The Morgan fingerprint density at radius 3 is 2.56 bits per heavy atom. The van der Waals surface area contributed by atoms with Crippen molar-refractivity contribution in [3.05, 3.63) is 68.1 Å². The maximum atomic E-state index is 12.2. The second-order valence-electron chi connectivity index (χ2n) is 5.09. The molecule has 1 aromatic heterocycles. The van der Waals surface area contributed by atoms with Crippen LogP contribution < -0.4 is 10.9 Å². The Balaban J connectivity index is 2.28. The van der Waals surface area contributed by atoms with Crippen LogP contribution in [0.15, 0.2) is 41.2 Å². The van der Waals surface area contributed by atoms with E-state index in [1.807, 2.05) is 0 Å². The van der Waals surface area contributed by atoms with Gasteiger partial charge in [-0.1, -0.05) is 12.1 Å². The Labute approximate surface area is 142 Å². The van der Waals surface area contributed by atoms with Crippen molar-refractivity contribution in [1.82, 2.24) is 4.57 Å². The third-order valence-electron chi connectivity index (χ3n) is 3.48. The van der Waals surface area contributed by atoms with E-state index in [0.29, 0.717) is 5.69 Å². The molecule has 0 aliphatic carbocycles. The number of anilines is 1. The van der Waals surface area contributed by atoms with Crippen molar-refractivity contribution in [2.75, 3.05) is 12.4 Å². The highest BCUT2D eigenvalue weighted by Gasteiger charge is 2.18. The van der Waals surface area contributed by atoms with Crippen molar-refractivity contribution >= 4 is 23.3 Å². The van der Waals surface area contributed by atoms with Gasteiger partial charge in [0.15, 0.2) is 0 Å². The number of hydrogen-bond donors (Lipinski definition) is 1. The van der Waals surface area contributed by atoms with Crippen LogP contribution in [-0.2, 0) is 16.1 Å². The molecule has 1 heterocycles. The minimum atomic E-state index is -0.874. The molecule has 0 aliphatic heterocycles. The van der Waals surface area contributed by atoms with Gasteiger partial charge in [0.25, 0.3) is 0 Å². The topological polar surface area (TPSA) is 121 Å². The number of hydrogen-bond acceptors (Lipinski definition) is 6. The third kappa shape index (κ3) is 3.89. The summed E-state index contributed by atoms with van der Waals surface area (Å²) in [5.74, 6) is -1.23. The number of methoxy groups -OCH3 is 1. The van der Waals surface area contributed by atoms with Gasteiger partial charge in [-0.05, 0) is 25.1 Å². The summed E-state index contributed by atoms with van der Waals surface area (Å²) in [5, 5.41) is 13.4. The molecule has 0 aliphatic rings. The monoisotopic (exact) mass is 345 g/mol. The normalized spacial score (nSPS) is 10.2. The fourth-order valence-electron chi connectivity index (χ4n) is 2.21. The molecule has 1 amide bonds. The van der Waals surface area contributed by atoms with E-state index in [0.717, 1.165) is 10.6 Å². The van der Waals surface area contributed by atoms with Crippen LogP contribution in [0.1, 0.15) is 16.1 Å². The molecular formula is C16H15N3O6. The number of aryl methyl sites for hydroxylation is 1. The van der Waals surface area contributed by atoms with Gasteiger partial charge in [0, 0.05) is 11.8 Å². The van der Waals surface area contributed by atoms with Gasteiger partial charge in [-0.15, -0.1) is 0 Å². The Bertz CT molecular complexity index is 903. The fraction of sp³-hybridized carbons (Fsp3) is 0.188. The van der Waals surface area contributed by atoms with Gasteiger partial charge in [0.05, 0.1) is 23.3 Å². The number of para-hydroxylation sites is 1. The molecule has 9 nitrogen and oxygen atoms in total. The first-order chi connectivity index (χ1) is 11.8. The number of amides is 1. The van der Waals surface area contributed by atoms with Gasteiger partial charge in [-0.3, -0.25) is 24.3 Å². The largest absolute Gasteiger partial charge is 0.465 e. The van der Waals surface area contributed by atoms with E-state index < -0.39 is 34.6 Å². The quantitative estimate of drug-likeness (QED) is 0.498. The van der Waals surface area contributed by atoms with Crippen molar-refractivity contribution in [3.63, 3.8) is 0 Å². The number of aromatic nitrogens is 1. The molecule has 130 valence electrons. The first kappa shape index (κ1) is 17.9. The van der Waals surface area contributed by atoms with E-state index >= 15 is 0 Å². The lowest BCUT2D eigenvalue weighted by molar-refractivity contribution is -0.386. The zero-order valence-corrected chi connectivity index (χ0v) is 13.5. The molecule has 2 aromatic rings. The second-order valence-corrected chi connectivity index (χ2v) is 5.09. The van der Waals surface area contributed by atoms with Crippen molar-refractivity contribution in [1.29, 1.82) is 0 Å². The number of esters is 1. The number of nitrogens with zero attached hydrogens (tertiary/aromatic N) is 2. The summed E-state index contributed by atoms with van der Waals surface area (Å²) in [6.45, 7) is 1.13. The van der Waals surface area contributed by atoms with Gasteiger partial charge in [-0.2, -0.15) is 0 Å². The minimum Gasteiger partial charge on any atom is -0.465 e. The number of nitrogens with one attached hydrogen (secondary N) is 1. The highest BCUT2D eigenvalue weighted by molar-refractivity contribution is 6.01. The molecule has 9 heteroatoms. The fourth-order valence-corrected chi connectivity index (χ4v) is 2.21. The van der Waals surface area contributed by atoms with E-state index in [-0.39, 0.29) is 11.3 Å². The molecule has 0 fully saturated rings. The summed E-state index contributed by atoms with van der Waals surface area (Å²) >= 11 is 0. The first-order valence-corrected chi connectivity index (χ1v) is 7.17. The molecule has 0 saturated heterocycles. The number of carbonyl (C=O) groups excluding carboxylic acids is 2. The highest BCUT2D eigenvalue weighted by atomic mass is 16.6. The Morgan fingerprint density at radius 2 is 1.92 bits per heavy atom. The van der Waals surface area contributed by atoms with Crippen molar-refractivity contribution < 1.29 is 19.2 Å². The molecule has 0 unspecified atom stereocenters. The lowest BCUT2D eigenvalue weighted by Gasteiger charge is -2.12. The molecule has 1 N–H and O–H groups in total. The Morgan fingerprint density at radius 1 is 1.24 bits per heavy atom. The molecule has 0 saturated carbocycles. The standard InChI is InChI=1S/C16H15N3O6/c1-10-7-8-13(19(23)24)15(21)18(10)9-14(20)17-12-6-4-3-5-11(12)16(22)25-2/h3-8H,9H2,1-2H3,(H,17,20). The SMILES string of the molecule is COC(=O)c1ccccc1NC(=O)Cn1c(C)ccc([N+](=O)[O-])c1=O. The number of ether oxygens (including phenoxy) is 1. The van der Waals surface area contributed by atoms with Crippen LogP contribution in [0.2, 0.25) is 0 Å².